The number of ether oxygens (including phenoxy) is 1. The van der Waals surface area contributed by atoms with E-state index in [1.165, 1.54) is 28.6 Å². The molecule has 0 saturated carbocycles. The molecule has 3 amide bonds. The van der Waals surface area contributed by atoms with Gasteiger partial charge in [-0.1, -0.05) is 12.1 Å². The molecule has 122 valence electrons. The summed E-state index contributed by atoms with van der Waals surface area (Å²) < 4.78 is 5.67. The van der Waals surface area contributed by atoms with Gasteiger partial charge in [0.2, 0.25) is 11.8 Å². The molecule has 23 heavy (non-hydrogen) atoms. The van der Waals surface area contributed by atoms with Gasteiger partial charge >= 0.3 is 0 Å². The van der Waals surface area contributed by atoms with Crippen molar-refractivity contribution in [2.75, 3.05) is 36.7 Å². The van der Waals surface area contributed by atoms with Crippen LogP contribution in [-0.2, 0) is 14.4 Å². The topological polar surface area (TPSA) is 79.0 Å². The molecule has 1 aromatic rings. The quantitative estimate of drug-likeness (QED) is 0.845. The predicted octanol–water partition coefficient (Wildman–Crippen LogP) is 0.0595. The van der Waals surface area contributed by atoms with E-state index in [9.17, 15) is 14.4 Å². The van der Waals surface area contributed by atoms with Gasteiger partial charge in [0.15, 0.2) is 6.10 Å². The fourth-order valence-electron chi connectivity index (χ4n) is 2.56. The zero-order valence-electron chi connectivity index (χ0n) is 12.7. The number of carbonyl (C=O) groups excluding carboxylic acids is 3. The van der Waals surface area contributed by atoms with E-state index in [1.807, 2.05) is 0 Å². The van der Waals surface area contributed by atoms with Crippen molar-refractivity contribution >= 4 is 35.2 Å². The molecule has 2 heterocycles. The van der Waals surface area contributed by atoms with Crippen LogP contribution >= 0.6 is 11.8 Å². The van der Waals surface area contributed by atoms with Crippen molar-refractivity contribution in [2.45, 2.75) is 6.10 Å². The molecule has 1 aromatic carbocycles. The number of para-hydroxylation sites is 2. The average molecular weight is 335 g/mol. The third kappa shape index (κ3) is 3.12. The smallest absolute Gasteiger partial charge is 0.262 e. The predicted molar refractivity (Wildman–Crippen MR) is 86.3 cm³/mol. The molecule has 0 unspecified atom stereocenters. The lowest BCUT2D eigenvalue weighted by molar-refractivity contribution is -0.132. The number of rotatable bonds is 3. The second-order valence-corrected chi connectivity index (χ2v) is 6.22. The monoisotopic (exact) mass is 335 g/mol. The first kappa shape index (κ1) is 15.7. The number of anilines is 1. The summed E-state index contributed by atoms with van der Waals surface area (Å²) in [4.78, 5) is 39.3. The molecular weight excluding hydrogens is 318 g/mol. The molecule has 8 heteroatoms. The molecule has 0 aliphatic carbocycles. The van der Waals surface area contributed by atoms with E-state index in [2.05, 4.69) is 5.32 Å². The minimum absolute atomic E-state index is 0.0145. The van der Waals surface area contributed by atoms with Crippen molar-refractivity contribution in [1.82, 2.24) is 10.2 Å². The summed E-state index contributed by atoms with van der Waals surface area (Å²) in [7, 11) is 1.53. The first-order valence-corrected chi connectivity index (χ1v) is 8.39. The highest BCUT2D eigenvalue weighted by atomic mass is 32.2. The van der Waals surface area contributed by atoms with Gasteiger partial charge in [-0.2, -0.15) is 0 Å². The van der Waals surface area contributed by atoms with E-state index < -0.39 is 6.10 Å². The first-order chi connectivity index (χ1) is 11.1. The molecule has 3 rings (SSSR count). The Hall–Kier alpha value is -2.22. The van der Waals surface area contributed by atoms with E-state index in [0.29, 0.717) is 23.1 Å². The van der Waals surface area contributed by atoms with Crippen molar-refractivity contribution in [2.24, 2.45) is 0 Å². The van der Waals surface area contributed by atoms with Crippen molar-refractivity contribution in [3.8, 4) is 5.75 Å². The number of fused-ring (bicyclic) bond motifs is 1. The maximum absolute atomic E-state index is 12.7. The van der Waals surface area contributed by atoms with Gasteiger partial charge in [0.05, 0.1) is 23.9 Å². The van der Waals surface area contributed by atoms with Gasteiger partial charge in [0.1, 0.15) is 12.3 Å². The zero-order chi connectivity index (χ0) is 16.4. The number of nitrogens with zero attached hydrogens (tertiary/aromatic N) is 2. The van der Waals surface area contributed by atoms with Crippen LogP contribution in [0.3, 0.4) is 0 Å². The van der Waals surface area contributed by atoms with Gasteiger partial charge in [-0.05, 0) is 12.1 Å². The molecule has 0 aromatic heterocycles. The summed E-state index contributed by atoms with van der Waals surface area (Å²) >= 11 is 1.49. The van der Waals surface area contributed by atoms with Crippen LogP contribution in [0.25, 0.3) is 0 Å². The number of nitrogens with one attached hydrogen (secondary N) is 1. The van der Waals surface area contributed by atoms with E-state index >= 15 is 0 Å². The van der Waals surface area contributed by atoms with E-state index in [0.717, 1.165) is 0 Å². The Morgan fingerprint density at radius 3 is 2.87 bits per heavy atom. The third-order valence-electron chi connectivity index (χ3n) is 3.77. The number of likely N-dealkylation sites (N-methyl/N-ethyl adjacent to an activating group) is 1. The lowest BCUT2D eigenvalue weighted by Gasteiger charge is -2.34. The molecule has 0 spiro atoms. The SMILES string of the molecule is CNC(=O)[C@H]1CN(C(=O)CN2CSCC2=O)c2ccccc2O1. The standard InChI is InChI=1S/C15H17N3O4S/c1-16-15(21)12-6-18(10-4-2-3-5-11(10)22-12)13(19)7-17-9-23-8-14(17)20/h2-5,12H,6-9H2,1H3,(H,16,21)/t12-/m1/s1. The molecule has 1 saturated heterocycles. The highest BCUT2D eigenvalue weighted by molar-refractivity contribution is 8.00. The van der Waals surface area contributed by atoms with Gasteiger partial charge < -0.3 is 19.9 Å². The Labute approximate surface area is 137 Å². The van der Waals surface area contributed by atoms with Crippen LogP contribution in [0.4, 0.5) is 5.69 Å². The van der Waals surface area contributed by atoms with Crippen LogP contribution in [0, 0.1) is 0 Å². The highest BCUT2D eigenvalue weighted by Gasteiger charge is 2.34. The Kier molecular flexibility index (Phi) is 4.42. The summed E-state index contributed by atoms with van der Waals surface area (Å²) in [5.41, 5.74) is 0.622. The van der Waals surface area contributed by atoms with Crippen molar-refractivity contribution in [3.05, 3.63) is 24.3 Å². The highest BCUT2D eigenvalue weighted by Crippen LogP contribution is 2.33. The number of carbonyl (C=O) groups is 3. The number of thioether (sulfide) groups is 1. The van der Waals surface area contributed by atoms with Gasteiger partial charge in [-0.15, -0.1) is 11.8 Å². The summed E-state index contributed by atoms with van der Waals surface area (Å²) in [6.45, 7) is 0.144. The lowest BCUT2D eigenvalue weighted by atomic mass is 10.1. The van der Waals surface area contributed by atoms with Gasteiger partial charge in [-0.25, -0.2) is 0 Å². The number of amides is 3. The van der Waals surface area contributed by atoms with Gasteiger partial charge in [0, 0.05) is 7.05 Å². The van der Waals surface area contributed by atoms with Crippen LogP contribution in [0.2, 0.25) is 0 Å². The number of hydrogen-bond acceptors (Lipinski definition) is 5. The van der Waals surface area contributed by atoms with E-state index in [-0.39, 0.29) is 30.8 Å². The summed E-state index contributed by atoms with van der Waals surface area (Å²) in [5, 5.41) is 2.54. The first-order valence-electron chi connectivity index (χ1n) is 7.23. The normalized spacial score (nSPS) is 20.0. The van der Waals surface area contributed by atoms with Crippen LogP contribution in [0.1, 0.15) is 0 Å². The maximum atomic E-state index is 12.7. The molecule has 1 N–H and O–H groups in total. The summed E-state index contributed by atoms with van der Waals surface area (Å²) in [6.07, 6.45) is -0.762. The molecule has 0 bridgehead atoms. The number of benzene rings is 1. The molecule has 0 radical (unpaired) electrons. The van der Waals surface area contributed by atoms with Crippen LogP contribution < -0.4 is 15.0 Å². The van der Waals surface area contributed by atoms with Crippen molar-refractivity contribution in [3.63, 3.8) is 0 Å². The second kappa shape index (κ2) is 6.49. The van der Waals surface area contributed by atoms with Crippen molar-refractivity contribution in [1.29, 1.82) is 0 Å². The molecule has 1 fully saturated rings. The average Bonchev–Trinajstić information content (AvgIpc) is 2.97. The maximum Gasteiger partial charge on any atom is 0.262 e. The van der Waals surface area contributed by atoms with E-state index in [1.54, 1.807) is 24.3 Å². The molecule has 2 aliphatic heterocycles. The zero-order valence-corrected chi connectivity index (χ0v) is 13.5. The van der Waals surface area contributed by atoms with Gasteiger partial charge in [0.25, 0.3) is 5.91 Å². The minimum Gasteiger partial charge on any atom is -0.477 e. The lowest BCUT2D eigenvalue weighted by Crippen LogP contribution is -2.52. The minimum atomic E-state index is -0.762. The molecule has 7 nitrogen and oxygen atoms in total. The molecule has 1 atom stereocenters. The van der Waals surface area contributed by atoms with Crippen LogP contribution in [0.5, 0.6) is 5.75 Å². The van der Waals surface area contributed by atoms with Gasteiger partial charge in [-0.3, -0.25) is 14.4 Å². The Bertz CT molecular complexity index is 651. The Balaban J connectivity index is 1.82. The fourth-order valence-corrected chi connectivity index (χ4v) is 3.46. The van der Waals surface area contributed by atoms with E-state index in [4.69, 9.17) is 4.74 Å². The Morgan fingerprint density at radius 1 is 1.39 bits per heavy atom. The second-order valence-electron chi connectivity index (χ2n) is 5.26. The third-order valence-corrected chi connectivity index (χ3v) is 4.71. The summed E-state index contributed by atoms with van der Waals surface area (Å²) in [6, 6.07) is 7.09. The fraction of sp³-hybridized carbons (Fsp3) is 0.400. The molecule has 2 aliphatic rings. The largest absolute Gasteiger partial charge is 0.477 e. The Morgan fingerprint density at radius 2 is 2.17 bits per heavy atom. The van der Waals surface area contributed by atoms with Crippen LogP contribution in [-0.4, -0.2) is 60.5 Å². The van der Waals surface area contributed by atoms with Crippen molar-refractivity contribution < 1.29 is 19.1 Å². The summed E-state index contributed by atoms with van der Waals surface area (Å²) in [5.74, 6) is 0.884. The van der Waals surface area contributed by atoms with Crippen LogP contribution in [0.15, 0.2) is 24.3 Å². The molecular formula is C15H17N3O4S. The number of hydrogen-bond donors (Lipinski definition) is 1.